The molecule has 0 bridgehead atoms. The van der Waals surface area contributed by atoms with Gasteiger partial charge in [-0.1, -0.05) is 6.08 Å². The second-order valence-corrected chi connectivity index (χ2v) is 4.10. The molecular formula is C15H18N2O. The summed E-state index contributed by atoms with van der Waals surface area (Å²) in [5.74, 6) is 1.80. The number of ether oxygens (including phenoxy) is 1. The summed E-state index contributed by atoms with van der Waals surface area (Å²) >= 11 is 0. The standard InChI is InChI=1S/C15H18N2O/c1-3-4-5-9-16-15-14-7-6-13(18-2)11-12(14)8-10-17-15/h3,6-8,10-11H,1,4-5,9H2,2H3,(H,16,17). The quantitative estimate of drug-likeness (QED) is 0.620. The van der Waals surface area contributed by atoms with Crippen LogP contribution in [0.25, 0.3) is 10.8 Å². The normalized spacial score (nSPS) is 10.3. The van der Waals surface area contributed by atoms with Gasteiger partial charge in [0.05, 0.1) is 7.11 Å². The van der Waals surface area contributed by atoms with E-state index in [1.165, 1.54) is 0 Å². The fourth-order valence-electron chi connectivity index (χ4n) is 1.88. The fraction of sp³-hybridized carbons (Fsp3) is 0.267. The molecule has 0 saturated heterocycles. The summed E-state index contributed by atoms with van der Waals surface area (Å²) in [7, 11) is 1.68. The second kappa shape index (κ2) is 6.05. The molecule has 1 aromatic carbocycles. The van der Waals surface area contributed by atoms with Crippen LogP contribution in [0.1, 0.15) is 12.8 Å². The largest absolute Gasteiger partial charge is 0.497 e. The van der Waals surface area contributed by atoms with E-state index in [-0.39, 0.29) is 0 Å². The minimum atomic E-state index is 0.867. The van der Waals surface area contributed by atoms with E-state index < -0.39 is 0 Å². The molecule has 0 spiro atoms. The van der Waals surface area contributed by atoms with Crippen LogP contribution in [-0.4, -0.2) is 18.6 Å². The lowest BCUT2D eigenvalue weighted by Crippen LogP contribution is -2.03. The number of fused-ring (bicyclic) bond motifs is 1. The van der Waals surface area contributed by atoms with Crippen molar-refractivity contribution >= 4 is 16.6 Å². The molecule has 2 aromatic rings. The number of anilines is 1. The average molecular weight is 242 g/mol. The van der Waals surface area contributed by atoms with Gasteiger partial charge in [-0.15, -0.1) is 6.58 Å². The van der Waals surface area contributed by atoms with Crippen molar-refractivity contribution < 1.29 is 4.74 Å². The predicted octanol–water partition coefficient (Wildman–Crippen LogP) is 3.62. The zero-order valence-electron chi connectivity index (χ0n) is 10.6. The molecule has 1 N–H and O–H groups in total. The molecule has 3 heteroatoms. The summed E-state index contributed by atoms with van der Waals surface area (Å²) in [5, 5.41) is 5.62. The van der Waals surface area contributed by atoms with E-state index >= 15 is 0 Å². The Balaban J connectivity index is 2.20. The average Bonchev–Trinajstić information content (AvgIpc) is 2.43. The summed E-state index contributed by atoms with van der Waals surface area (Å²) < 4.78 is 5.22. The van der Waals surface area contributed by atoms with Gasteiger partial charge in [-0.25, -0.2) is 4.98 Å². The van der Waals surface area contributed by atoms with Crippen LogP contribution in [0, 0.1) is 0 Å². The zero-order valence-corrected chi connectivity index (χ0v) is 10.6. The Morgan fingerprint density at radius 2 is 2.28 bits per heavy atom. The topological polar surface area (TPSA) is 34.2 Å². The molecule has 1 heterocycles. The first-order valence-electron chi connectivity index (χ1n) is 6.12. The number of hydrogen-bond donors (Lipinski definition) is 1. The van der Waals surface area contributed by atoms with Gasteiger partial charge in [-0.05, 0) is 42.5 Å². The van der Waals surface area contributed by atoms with Crippen LogP contribution in [0.3, 0.4) is 0 Å². The summed E-state index contributed by atoms with van der Waals surface area (Å²) in [6.45, 7) is 4.62. The van der Waals surface area contributed by atoms with Crippen LogP contribution in [-0.2, 0) is 0 Å². The van der Waals surface area contributed by atoms with E-state index in [0.29, 0.717) is 0 Å². The van der Waals surface area contributed by atoms with Crippen molar-refractivity contribution in [2.24, 2.45) is 0 Å². The van der Waals surface area contributed by atoms with Gasteiger partial charge in [0.15, 0.2) is 0 Å². The molecule has 18 heavy (non-hydrogen) atoms. The van der Waals surface area contributed by atoms with Crippen molar-refractivity contribution in [1.29, 1.82) is 0 Å². The predicted molar refractivity (Wildman–Crippen MR) is 76.2 cm³/mol. The molecule has 3 nitrogen and oxygen atoms in total. The minimum absolute atomic E-state index is 0.867. The molecule has 0 fully saturated rings. The third-order valence-electron chi connectivity index (χ3n) is 2.85. The van der Waals surface area contributed by atoms with Crippen LogP contribution in [0.5, 0.6) is 5.75 Å². The Morgan fingerprint density at radius 3 is 3.06 bits per heavy atom. The molecule has 0 unspecified atom stereocenters. The molecule has 2 rings (SSSR count). The lowest BCUT2D eigenvalue weighted by molar-refractivity contribution is 0.415. The highest BCUT2D eigenvalue weighted by atomic mass is 16.5. The number of hydrogen-bond acceptors (Lipinski definition) is 3. The van der Waals surface area contributed by atoms with E-state index in [2.05, 4.69) is 16.9 Å². The fourth-order valence-corrected chi connectivity index (χ4v) is 1.88. The zero-order chi connectivity index (χ0) is 12.8. The van der Waals surface area contributed by atoms with Crippen molar-refractivity contribution in [2.75, 3.05) is 19.0 Å². The molecule has 0 saturated carbocycles. The second-order valence-electron chi connectivity index (χ2n) is 4.10. The number of allylic oxidation sites excluding steroid dienone is 1. The van der Waals surface area contributed by atoms with E-state index in [1.54, 1.807) is 7.11 Å². The van der Waals surface area contributed by atoms with Gasteiger partial charge < -0.3 is 10.1 Å². The molecule has 0 aliphatic carbocycles. The van der Waals surface area contributed by atoms with E-state index in [9.17, 15) is 0 Å². The summed E-state index contributed by atoms with van der Waals surface area (Å²) in [6.07, 6.45) is 5.84. The molecule has 0 radical (unpaired) electrons. The van der Waals surface area contributed by atoms with Crippen molar-refractivity contribution in [1.82, 2.24) is 4.98 Å². The number of methoxy groups -OCH3 is 1. The number of nitrogens with one attached hydrogen (secondary N) is 1. The van der Waals surface area contributed by atoms with Gasteiger partial charge in [0, 0.05) is 18.1 Å². The summed E-state index contributed by atoms with van der Waals surface area (Å²) in [6, 6.07) is 8.01. The third kappa shape index (κ3) is 2.80. The molecule has 0 aliphatic heterocycles. The first kappa shape index (κ1) is 12.4. The van der Waals surface area contributed by atoms with Gasteiger partial charge in [-0.2, -0.15) is 0 Å². The SMILES string of the molecule is C=CCCCNc1nccc2cc(OC)ccc12. The van der Waals surface area contributed by atoms with Crippen molar-refractivity contribution in [3.8, 4) is 5.75 Å². The summed E-state index contributed by atoms with van der Waals surface area (Å²) in [5.41, 5.74) is 0. The molecule has 0 atom stereocenters. The Labute approximate surface area is 107 Å². The Bertz CT molecular complexity index is 537. The van der Waals surface area contributed by atoms with Gasteiger partial charge >= 0.3 is 0 Å². The van der Waals surface area contributed by atoms with Crippen molar-refractivity contribution in [3.63, 3.8) is 0 Å². The Kier molecular flexibility index (Phi) is 4.18. The maximum atomic E-state index is 5.22. The van der Waals surface area contributed by atoms with Crippen LogP contribution >= 0.6 is 0 Å². The molecule has 1 aromatic heterocycles. The van der Waals surface area contributed by atoms with Gasteiger partial charge in [0.2, 0.25) is 0 Å². The summed E-state index contributed by atoms with van der Waals surface area (Å²) in [4.78, 5) is 4.38. The third-order valence-corrected chi connectivity index (χ3v) is 2.85. The van der Waals surface area contributed by atoms with Crippen LogP contribution < -0.4 is 10.1 Å². The van der Waals surface area contributed by atoms with Gasteiger partial charge in [0.25, 0.3) is 0 Å². The van der Waals surface area contributed by atoms with Crippen molar-refractivity contribution in [2.45, 2.75) is 12.8 Å². The number of rotatable bonds is 6. The number of benzene rings is 1. The van der Waals surface area contributed by atoms with Crippen molar-refractivity contribution in [3.05, 3.63) is 43.1 Å². The molecule has 0 aliphatic rings. The Hall–Kier alpha value is -2.03. The van der Waals surface area contributed by atoms with Gasteiger partial charge in [0.1, 0.15) is 11.6 Å². The lowest BCUT2D eigenvalue weighted by atomic mass is 10.1. The number of nitrogens with zero attached hydrogens (tertiary/aromatic N) is 1. The van der Waals surface area contributed by atoms with Crippen LogP contribution in [0.4, 0.5) is 5.82 Å². The monoisotopic (exact) mass is 242 g/mol. The molecule has 94 valence electrons. The highest BCUT2D eigenvalue weighted by Gasteiger charge is 2.02. The molecule has 0 amide bonds. The number of unbranched alkanes of at least 4 members (excludes halogenated alkanes) is 1. The smallest absolute Gasteiger partial charge is 0.133 e. The Morgan fingerprint density at radius 1 is 1.39 bits per heavy atom. The van der Waals surface area contributed by atoms with Crippen LogP contribution in [0.2, 0.25) is 0 Å². The maximum Gasteiger partial charge on any atom is 0.133 e. The lowest BCUT2D eigenvalue weighted by Gasteiger charge is -2.09. The van der Waals surface area contributed by atoms with Crippen LogP contribution in [0.15, 0.2) is 43.1 Å². The number of pyridine rings is 1. The minimum Gasteiger partial charge on any atom is -0.497 e. The van der Waals surface area contributed by atoms with E-state index in [4.69, 9.17) is 4.74 Å². The molecular weight excluding hydrogens is 224 g/mol. The van der Waals surface area contributed by atoms with Gasteiger partial charge in [-0.3, -0.25) is 0 Å². The number of aromatic nitrogens is 1. The van der Waals surface area contributed by atoms with E-state index in [0.717, 1.165) is 41.7 Å². The highest BCUT2D eigenvalue weighted by Crippen LogP contribution is 2.25. The first-order chi connectivity index (χ1) is 8.85. The first-order valence-corrected chi connectivity index (χ1v) is 6.12. The highest BCUT2D eigenvalue weighted by molar-refractivity contribution is 5.92. The van der Waals surface area contributed by atoms with E-state index in [1.807, 2.05) is 36.5 Å². The maximum absolute atomic E-state index is 5.22.